The number of hydrogen-bond acceptors (Lipinski definition) is 6. The Morgan fingerprint density at radius 3 is 2.40 bits per heavy atom. The first-order chi connectivity index (χ1) is 13.9. The van der Waals surface area contributed by atoms with E-state index in [4.69, 9.17) is 21.1 Å². The van der Waals surface area contributed by atoms with Crippen LogP contribution in [0.25, 0.3) is 0 Å². The van der Waals surface area contributed by atoms with Crippen molar-refractivity contribution in [3.63, 3.8) is 0 Å². The summed E-state index contributed by atoms with van der Waals surface area (Å²) in [5.41, 5.74) is -2.07. The summed E-state index contributed by atoms with van der Waals surface area (Å²) < 4.78 is 48.6. The Balaban J connectivity index is 2.35. The van der Waals surface area contributed by atoms with Gasteiger partial charge in [-0.1, -0.05) is 18.5 Å². The lowest BCUT2D eigenvalue weighted by Crippen LogP contribution is -2.24. The maximum atomic E-state index is 12.7. The van der Waals surface area contributed by atoms with E-state index in [1.807, 2.05) is 0 Å². The number of nitro groups is 1. The van der Waals surface area contributed by atoms with Crippen molar-refractivity contribution < 1.29 is 37.2 Å². The third-order valence-electron chi connectivity index (χ3n) is 3.96. The molecule has 0 fully saturated rings. The number of carbonyl (C=O) groups is 2. The third-order valence-corrected chi connectivity index (χ3v) is 4.25. The summed E-state index contributed by atoms with van der Waals surface area (Å²) >= 11 is 5.83. The van der Waals surface area contributed by atoms with Crippen LogP contribution in [0.2, 0.25) is 5.02 Å². The highest BCUT2D eigenvalue weighted by atomic mass is 35.5. The van der Waals surface area contributed by atoms with Crippen LogP contribution in [0.15, 0.2) is 36.4 Å². The molecule has 160 valence electrons. The molecule has 0 aliphatic rings. The lowest BCUT2D eigenvalue weighted by atomic mass is 10.1. The van der Waals surface area contributed by atoms with Gasteiger partial charge in [0.15, 0.2) is 11.9 Å². The molecule has 0 N–H and O–H groups in total. The van der Waals surface area contributed by atoms with Crippen LogP contribution >= 0.6 is 11.6 Å². The lowest BCUT2D eigenvalue weighted by Gasteiger charge is -2.13. The number of esters is 1. The molecule has 0 saturated heterocycles. The molecule has 2 aromatic carbocycles. The molecule has 0 heterocycles. The number of ketones is 1. The molecule has 30 heavy (non-hydrogen) atoms. The second-order valence-corrected chi connectivity index (χ2v) is 6.46. The van der Waals surface area contributed by atoms with Crippen LogP contribution < -0.4 is 4.74 Å². The summed E-state index contributed by atoms with van der Waals surface area (Å²) in [6, 6.07) is 5.49. The predicted octanol–water partition coefficient (Wildman–Crippen LogP) is 5.58. The number of rotatable bonds is 7. The van der Waals surface area contributed by atoms with E-state index < -0.39 is 40.0 Å². The first-order valence-corrected chi connectivity index (χ1v) is 8.88. The van der Waals surface area contributed by atoms with Gasteiger partial charge in [-0.2, -0.15) is 13.2 Å². The maximum absolute atomic E-state index is 12.7. The minimum Gasteiger partial charge on any atom is -0.456 e. The number of nitro benzene ring substituents is 1. The van der Waals surface area contributed by atoms with E-state index >= 15 is 0 Å². The molecule has 0 aliphatic heterocycles. The summed E-state index contributed by atoms with van der Waals surface area (Å²) in [6.45, 7) is 2.90. The molecule has 0 amide bonds. The van der Waals surface area contributed by atoms with E-state index in [1.54, 1.807) is 6.92 Å². The Bertz CT molecular complexity index is 993. The number of carbonyl (C=O) groups excluding carboxylic acids is 2. The Kier molecular flexibility index (Phi) is 7.04. The molecular formula is C19H15ClF3NO6. The Hall–Kier alpha value is -3.14. The molecule has 2 rings (SSSR count). The van der Waals surface area contributed by atoms with Gasteiger partial charge in [-0.25, -0.2) is 4.79 Å². The molecule has 7 nitrogen and oxygen atoms in total. The van der Waals surface area contributed by atoms with Crippen molar-refractivity contribution in [2.75, 3.05) is 0 Å². The van der Waals surface area contributed by atoms with Gasteiger partial charge in [-0.3, -0.25) is 14.9 Å². The summed E-state index contributed by atoms with van der Waals surface area (Å²) in [7, 11) is 0. The molecule has 1 atom stereocenters. The number of ether oxygens (including phenoxy) is 2. The van der Waals surface area contributed by atoms with Crippen LogP contribution in [0, 0.1) is 10.1 Å². The zero-order chi connectivity index (χ0) is 22.6. The fraction of sp³-hybridized carbons (Fsp3) is 0.263. The number of nitrogens with zero attached hydrogens (tertiary/aromatic N) is 1. The molecule has 0 saturated carbocycles. The second kappa shape index (κ2) is 9.12. The molecule has 11 heteroatoms. The molecule has 0 spiro atoms. The highest BCUT2D eigenvalue weighted by Crippen LogP contribution is 2.37. The average molecular weight is 446 g/mol. The van der Waals surface area contributed by atoms with Crippen molar-refractivity contribution in [2.24, 2.45) is 0 Å². The van der Waals surface area contributed by atoms with Gasteiger partial charge >= 0.3 is 12.1 Å². The Morgan fingerprint density at radius 1 is 1.20 bits per heavy atom. The molecule has 0 radical (unpaired) electrons. The van der Waals surface area contributed by atoms with E-state index in [9.17, 15) is 32.9 Å². The third kappa shape index (κ3) is 5.47. The second-order valence-electron chi connectivity index (χ2n) is 6.05. The van der Waals surface area contributed by atoms with Crippen molar-refractivity contribution in [2.45, 2.75) is 32.5 Å². The van der Waals surface area contributed by atoms with Crippen molar-refractivity contribution >= 4 is 29.0 Å². The van der Waals surface area contributed by atoms with E-state index in [0.29, 0.717) is 6.07 Å². The highest BCUT2D eigenvalue weighted by Gasteiger charge is 2.31. The van der Waals surface area contributed by atoms with Gasteiger partial charge in [0.2, 0.25) is 0 Å². The summed E-state index contributed by atoms with van der Waals surface area (Å²) in [6.07, 6.45) is -5.61. The minimum atomic E-state index is -4.60. The van der Waals surface area contributed by atoms with Crippen LogP contribution in [-0.4, -0.2) is 22.8 Å². The van der Waals surface area contributed by atoms with Gasteiger partial charge in [0, 0.05) is 18.6 Å². The topological polar surface area (TPSA) is 95.7 Å². The molecule has 0 aromatic heterocycles. The quantitative estimate of drug-likeness (QED) is 0.313. The van der Waals surface area contributed by atoms with Crippen LogP contribution in [0.1, 0.15) is 36.2 Å². The highest BCUT2D eigenvalue weighted by molar-refractivity contribution is 6.32. The summed E-state index contributed by atoms with van der Waals surface area (Å²) in [5.74, 6) is -1.77. The minimum absolute atomic E-state index is 0.103. The van der Waals surface area contributed by atoms with Gasteiger partial charge in [0.05, 0.1) is 15.5 Å². The molecule has 0 bridgehead atoms. The van der Waals surface area contributed by atoms with Crippen LogP contribution in [-0.2, 0) is 15.7 Å². The SMILES string of the molecule is CCC(=O)C(C)OC(=O)c1cc(Oc2ccc(C(F)(F)F)cc2Cl)ccc1[N+](=O)[O-]. The van der Waals surface area contributed by atoms with Gasteiger partial charge in [-0.05, 0) is 31.2 Å². The fourth-order valence-corrected chi connectivity index (χ4v) is 2.58. The van der Waals surface area contributed by atoms with Gasteiger partial charge in [0.1, 0.15) is 17.1 Å². The summed E-state index contributed by atoms with van der Waals surface area (Å²) in [4.78, 5) is 34.4. The standard InChI is InChI=1S/C19H15ClF3NO6/c1-3-16(25)10(2)29-18(26)13-9-12(5-6-15(13)24(27)28)30-17-7-4-11(8-14(17)20)19(21,22)23/h4-10H,3H2,1-2H3. The Labute approximate surface area is 173 Å². The number of Topliss-reactive ketones (excluding diaryl/α,β-unsaturated/α-hetero) is 1. The lowest BCUT2D eigenvalue weighted by molar-refractivity contribution is -0.385. The normalized spacial score (nSPS) is 12.2. The smallest absolute Gasteiger partial charge is 0.416 e. The van der Waals surface area contributed by atoms with E-state index in [2.05, 4.69) is 0 Å². The van der Waals surface area contributed by atoms with Crippen LogP contribution in [0.3, 0.4) is 0 Å². The molecule has 1 unspecified atom stereocenters. The summed E-state index contributed by atoms with van der Waals surface area (Å²) in [5, 5.41) is 10.9. The van der Waals surface area contributed by atoms with Crippen molar-refractivity contribution in [3.05, 3.63) is 62.7 Å². The molecule has 0 aliphatic carbocycles. The van der Waals surface area contributed by atoms with E-state index in [-0.39, 0.29) is 28.7 Å². The average Bonchev–Trinajstić information content (AvgIpc) is 2.67. The van der Waals surface area contributed by atoms with Gasteiger partial charge in [-0.15, -0.1) is 0 Å². The van der Waals surface area contributed by atoms with Crippen LogP contribution in [0.4, 0.5) is 18.9 Å². The fourth-order valence-electron chi connectivity index (χ4n) is 2.37. The van der Waals surface area contributed by atoms with Crippen LogP contribution in [0.5, 0.6) is 11.5 Å². The van der Waals surface area contributed by atoms with Gasteiger partial charge < -0.3 is 9.47 Å². The molecular weight excluding hydrogens is 431 g/mol. The maximum Gasteiger partial charge on any atom is 0.416 e. The Morgan fingerprint density at radius 2 is 1.87 bits per heavy atom. The van der Waals surface area contributed by atoms with Crippen molar-refractivity contribution in [1.82, 2.24) is 0 Å². The van der Waals surface area contributed by atoms with E-state index in [1.165, 1.54) is 6.92 Å². The first-order valence-electron chi connectivity index (χ1n) is 8.50. The number of benzene rings is 2. The zero-order valence-corrected chi connectivity index (χ0v) is 16.4. The van der Waals surface area contributed by atoms with Gasteiger partial charge in [0.25, 0.3) is 5.69 Å². The monoisotopic (exact) mass is 445 g/mol. The van der Waals surface area contributed by atoms with Crippen molar-refractivity contribution in [3.8, 4) is 11.5 Å². The largest absolute Gasteiger partial charge is 0.456 e. The number of halogens is 4. The first kappa shape index (κ1) is 23.1. The number of hydrogen-bond donors (Lipinski definition) is 0. The van der Waals surface area contributed by atoms with Crippen molar-refractivity contribution in [1.29, 1.82) is 0 Å². The predicted molar refractivity (Wildman–Crippen MR) is 99.8 cm³/mol. The van der Waals surface area contributed by atoms with E-state index in [0.717, 1.165) is 30.3 Å². The molecule has 2 aromatic rings. The zero-order valence-electron chi connectivity index (χ0n) is 15.7. The number of alkyl halides is 3.